The average molecular weight is 313 g/mol. The van der Waals surface area contributed by atoms with Crippen molar-refractivity contribution in [2.75, 3.05) is 33.9 Å². The van der Waals surface area contributed by atoms with E-state index in [4.69, 9.17) is 9.47 Å². The SMILES string of the molecule is COc1cc(C)c(C)cc1S(=O)(=O)N(C)CC1CCOC1. The minimum absolute atomic E-state index is 0.231. The summed E-state index contributed by atoms with van der Waals surface area (Å²) < 4.78 is 37.5. The minimum Gasteiger partial charge on any atom is -0.495 e. The van der Waals surface area contributed by atoms with Crippen LogP contribution in [0.3, 0.4) is 0 Å². The van der Waals surface area contributed by atoms with Crippen molar-refractivity contribution in [2.24, 2.45) is 5.92 Å². The third-order valence-electron chi connectivity index (χ3n) is 4.01. The Labute approximate surface area is 126 Å². The first kappa shape index (κ1) is 16.3. The molecular weight excluding hydrogens is 290 g/mol. The highest BCUT2D eigenvalue weighted by atomic mass is 32.2. The standard InChI is InChI=1S/C15H23NO4S/c1-11-7-14(19-4)15(8-12(11)2)21(17,18)16(3)9-13-5-6-20-10-13/h7-8,13H,5-6,9-10H2,1-4H3. The van der Waals surface area contributed by atoms with Crippen molar-refractivity contribution in [3.63, 3.8) is 0 Å². The molecule has 1 aliphatic rings. The Morgan fingerprint density at radius 2 is 2.00 bits per heavy atom. The molecule has 1 aromatic rings. The molecule has 5 nitrogen and oxygen atoms in total. The molecule has 1 aromatic carbocycles. The Hall–Kier alpha value is -1.11. The summed E-state index contributed by atoms with van der Waals surface area (Å²) in [7, 11) is -0.448. The zero-order valence-corrected chi connectivity index (χ0v) is 13.9. The van der Waals surface area contributed by atoms with Gasteiger partial charge in [0.1, 0.15) is 10.6 Å². The first-order valence-electron chi connectivity index (χ1n) is 7.05. The maximum Gasteiger partial charge on any atom is 0.246 e. The number of rotatable bonds is 5. The van der Waals surface area contributed by atoms with Crippen molar-refractivity contribution >= 4 is 10.0 Å². The van der Waals surface area contributed by atoms with Crippen LogP contribution in [0.15, 0.2) is 17.0 Å². The first-order valence-corrected chi connectivity index (χ1v) is 8.49. The van der Waals surface area contributed by atoms with Gasteiger partial charge in [0, 0.05) is 20.2 Å². The van der Waals surface area contributed by atoms with Gasteiger partial charge in [-0.3, -0.25) is 0 Å². The number of sulfonamides is 1. The molecule has 1 heterocycles. The lowest BCUT2D eigenvalue weighted by molar-refractivity contribution is 0.182. The first-order chi connectivity index (χ1) is 9.86. The Balaban J connectivity index is 2.31. The molecule has 118 valence electrons. The van der Waals surface area contributed by atoms with E-state index >= 15 is 0 Å². The molecule has 1 fully saturated rings. The van der Waals surface area contributed by atoms with Crippen molar-refractivity contribution in [3.05, 3.63) is 23.3 Å². The van der Waals surface area contributed by atoms with Gasteiger partial charge in [-0.1, -0.05) is 0 Å². The van der Waals surface area contributed by atoms with Crippen molar-refractivity contribution in [3.8, 4) is 5.75 Å². The van der Waals surface area contributed by atoms with Gasteiger partial charge in [-0.2, -0.15) is 0 Å². The van der Waals surface area contributed by atoms with Gasteiger partial charge in [0.25, 0.3) is 0 Å². The van der Waals surface area contributed by atoms with Gasteiger partial charge in [0.15, 0.2) is 0 Å². The molecule has 0 spiro atoms. The molecule has 1 unspecified atom stereocenters. The summed E-state index contributed by atoms with van der Waals surface area (Å²) in [6.07, 6.45) is 0.907. The van der Waals surface area contributed by atoms with Crippen molar-refractivity contribution in [1.29, 1.82) is 0 Å². The van der Waals surface area contributed by atoms with Crippen LogP contribution in [-0.4, -0.2) is 46.6 Å². The summed E-state index contributed by atoms with van der Waals surface area (Å²) in [5.41, 5.74) is 1.95. The molecule has 0 N–H and O–H groups in total. The lowest BCUT2D eigenvalue weighted by atomic mass is 10.1. The van der Waals surface area contributed by atoms with Crippen LogP contribution in [0.25, 0.3) is 0 Å². The fourth-order valence-corrected chi connectivity index (χ4v) is 3.95. The highest BCUT2D eigenvalue weighted by Crippen LogP contribution is 2.30. The highest BCUT2D eigenvalue weighted by Gasteiger charge is 2.28. The number of aryl methyl sites for hydroxylation is 2. The van der Waals surface area contributed by atoms with E-state index in [2.05, 4.69) is 0 Å². The molecule has 0 bridgehead atoms. The number of nitrogens with zero attached hydrogens (tertiary/aromatic N) is 1. The number of ether oxygens (including phenoxy) is 2. The largest absolute Gasteiger partial charge is 0.495 e. The quantitative estimate of drug-likeness (QED) is 0.834. The van der Waals surface area contributed by atoms with Gasteiger partial charge in [0.05, 0.1) is 13.7 Å². The molecule has 0 radical (unpaired) electrons. The summed E-state index contributed by atoms with van der Waals surface area (Å²) in [6, 6.07) is 3.46. The molecule has 0 aromatic heterocycles. The van der Waals surface area contributed by atoms with Crippen molar-refractivity contribution in [1.82, 2.24) is 4.31 Å². The Bertz CT molecular complexity index is 606. The maximum atomic E-state index is 12.8. The van der Waals surface area contributed by atoms with E-state index in [1.807, 2.05) is 13.8 Å². The topological polar surface area (TPSA) is 55.8 Å². The van der Waals surface area contributed by atoms with E-state index in [0.717, 1.165) is 17.5 Å². The number of benzene rings is 1. The summed E-state index contributed by atoms with van der Waals surface area (Å²) in [5, 5.41) is 0. The fraction of sp³-hybridized carbons (Fsp3) is 0.600. The molecule has 0 aliphatic carbocycles. The van der Waals surface area contributed by atoms with E-state index in [1.54, 1.807) is 19.2 Å². The minimum atomic E-state index is -3.56. The van der Waals surface area contributed by atoms with Gasteiger partial charge >= 0.3 is 0 Å². The van der Waals surface area contributed by atoms with Crippen LogP contribution in [0.5, 0.6) is 5.75 Å². The summed E-state index contributed by atoms with van der Waals surface area (Å²) >= 11 is 0. The third-order valence-corrected chi connectivity index (χ3v) is 5.85. The monoisotopic (exact) mass is 313 g/mol. The van der Waals surface area contributed by atoms with E-state index < -0.39 is 10.0 Å². The van der Waals surface area contributed by atoms with Gasteiger partial charge < -0.3 is 9.47 Å². The van der Waals surface area contributed by atoms with Crippen LogP contribution in [-0.2, 0) is 14.8 Å². The molecule has 2 rings (SSSR count). The second kappa shape index (κ2) is 6.34. The molecule has 6 heteroatoms. The highest BCUT2D eigenvalue weighted by molar-refractivity contribution is 7.89. The van der Waals surface area contributed by atoms with E-state index in [-0.39, 0.29) is 10.8 Å². The van der Waals surface area contributed by atoms with E-state index in [0.29, 0.717) is 25.5 Å². The maximum absolute atomic E-state index is 12.8. The average Bonchev–Trinajstić information content (AvgIpc) is 2.94. The van der Waals surface area contributed by atoms with Crippen LogP contribution < -0.4 is 4.74 Å². The Morgan fingerprint density at radius 1 is 1.33 bits per heavy atom. The normalized spacial score (nSPS) is 19.2. The zero-order valence-electron chi connectivity index (χ0n) is 13.0. The Morgan fingerprint density at radius 3 is 2.57 bits per heavy atom. The zero-order chi connectivity index (χ0) is 15.6. The summed E-state index contributed by atoms with van der Waals surface area (Å²) in [5.74, 6) is 0.662. The van der Waals surface area contributed by atoms with Crippen LogP contribution in [0.1, 0.15) is 17.5 Å². The molecule has 0 amide bonds. The number of hydrogen-bond acceptors (Lipinski definition) is 4. The van der Waals surface area contributed by atoms with Gasteiger partial charge in [-0.25, -0.2) is 12.7 Å². The predicted octanol–water partition coefficient (Wildman–Crippen LogP) is 1.97. The summed E-state index contributed by atoms with van der Waals surface area (Å²) in [4.78, 5) is 0.231. The lowest BCUT2D eigenvalue weighted by Gasteiger charge is -2.22. The van der Waals surface area contributed by atoms with Crippen LogP contribution in [0.2, 0.25) is 0 Å². The smallest absolute Gasteiger partial charge is 0.246 e. The van der Waals surface area contributed by atoms with Crippen molar-refractivity contribution in [2.45, 2.75) is 25.2 Å². The lowest BCUT2D eigenvalue weighted by Crippen LogP contribution is -2.32. The molecular formula is C15H23NO4S. The van der Waals surface area contributed by atoms with Crippen LogP contribution in [0, 0.1) is 19.8 Å². The van der Waals surface area contributed by atoms with Gasteiger partial charge in [-0.05, 0) is 49.4 Å². The molecule has 1 atom stereocenters. The molecule has 0 saturated carbocycles. The van der Waals surface area contributed by atoms with E-state index in [9.17, 15) is 8.42 Å². The third kappa shape index (κ3) is 3.39. The number of hydrogen-bond donors (Lipinski definition) is 0. The second-order valence-corrected chi connectivity index (χ2v) is 7.62. The predicted molar refractivity (Wildman–Crippen MR) is 81.2 cm³/mol. The fourth-order valence-electron chi connectivity index (χ4n) is 2.48. The molecule has 1 saturated heterocycles. The van der Waals surface area contributed by atoms with Gasteiger partial charge in [-0.15, -0.1) is 0 Å². The van der Waals surface area contributed by atoms with Crippen molar-refractivity contribution < 1.29 is 17.9 Å². The van der Waals surface area contributed by atoms with E-state index in [1.165, 1.54) is 11.4 Å². The van der Waals surface area contributed by atoms with Gasteiger partial charge in [0.2, 0.25) is 10.0 Å². The molecule has 21 heavy (non-hydrogen) atoms. The van der Waals surface area contributed by atoms with Crippen LogP contribution in [0.4, 0.5) is 0 Å². The van der Waals surface area contributed by atoms with Crippen LogP contribution >= 0.6 is 0 Å². The Kier molecular flexibility index (Phi) is 4.91. The summed E-state index contributed by atoms with van der Waals surface area (Å²) in [6.45, 7) is 5.65. The molecule has 1 aliphatic heterocycles. The number of methoxy groups -OCH3 is 1. The second-order valence-electron chi connectivity index (χ2n) is 5.60.